The number of rotatable bonds is 3. The lowest BCUT2D eigenvalue weighted by Gasteiger charge is -2.38. The van der Waals surface area contributed by atoms with Crippen LogP contribution >= 0.6 is 15.9 Å². The van der Waals surface area contributed by atoms with Gasteiger partial charge in [0.25, 0.3) is 0 Å². The van der Waals surface area contributed by atoms with Crippen LogP contribution in [0.15, 0.2) is 22.7 Å². The molecule has 18 heavy (non-hydrogen) atoms. The van der Waals surface area contributed by atoms with Gasteiger partial charge in [-0.25, -0.2) is 0 Å². The molecule has 3 nitrogen and oxygen atoms in total. The lowest BCUT2D eigenvalue weighted by molar-refractivity contribution is -0.0593. The maximum atomic E-state index is 10.0. The number of morpholine rings is 1. The van der Waals surface area contributed by atoms with E-state index in [4.69, 9.17) is 4.74 Å². The number of phenols is 1. The maximum absolute atomic E-state index is 10.0. The van der Waals surface area contributed by atoms with Gasteiger partial charge in [0.15, 0.2) is 0 Å². The Bertz CT molecular complexity index is 411. The van der Waals surface area contributed by atoms with E-state index in [0.29, 0.717) is 11.8 Å². The first kappa shape index (κ1) is 13.8. The normalized spacial score (nSPS) is 25.3. The van der Waals surface area contributed by atoms with Gasteiger partial charge < -0.3 is 9.84 Å². The van der Waals surface area contributed by atoms with E-state index in [0.717, 1.165) is 36.2 Å². The fraction of sp³-hybridized carbons (Fsp3) is 0.571. The molecule has 1 aliphatic heterocycles. The summed E-state index contributed by atoms with van der Waals surface area (Å²) in [4.78, 5) is 2.40. The first-order valence-corrected chi connectivity index (χ1v) is 7.23. The number of nitrogens with zero attached hydrogens (tertiary/aromatic N) is 1. The van der Waals surface area contributed by atoms with Crippen molar-refractivity contribution in [3.05, 3.63) is 28.2 Å². The molecule has 1 aromatic carbocycles. The fourth-order valence-corrected chi connectivity index (χ4v) is 2.80. The maximum Gasteiger partial charge on any atom is 0.134 e. The van der Waals surface area contributed by atoms with Crippen molar-refractivity contribution in [1.29, 1.82) is 0 Å². The van der Waals surface area contributed by atoms with E-state index in [2.05, 4.69) is 34.7 Å². The van der Waals surface area contributed by atoms with Gasteiger partial charge >= 0.3 is 0 Å². The van der Waals surface area contributed by atoms with Crippen molar-refractivity contribution < 1.29 is 9.84 Å². The number of hydrogen-bond donors (Lipinski definition) is 1. The van der Waals surface area contributed by atoms with Crippen LogP contribution in [0.25, 0.3) is 0 Å². The highest BCUT2D eigenvalue weighted by atomic mass is 79.9. The molecule has 0 aromatic heterocycles. The van der Waals surface area contributed by atoms with Crippen LogP contribution in [0.1, 0.15) is 25.8 Å². The number of ether oxygens (including phenoxy) is 1. The molecule has 0 aliphatic carbocycles. The van der Waals surface area contributed by atoms with Crippen molar-refractivity contribution in [2.24, 2.45) is 0 Å². The second-order valence-electron chi connectivity index (χ2n) is 4.88. The van der Waals surface area contributed by atoms with E-state index in [1.165, 1.54) is 0 Å². The highest BCUT2D eigenvalue weighted by Crippen LogP contribution is 2.29. The van der Waals surface area contributed by atoms with E-state index < -0.39 is 0 Å². The highest BCUT2D eigenvalue weighted by molar-refractivity contribution is 9.10. The second-order valence-corrected chi connectivity index (χ2v) is 5.74. The molecule has 1 aliphatic rings. The van der Waals surface area contributed by atoms with E-state index in [-0.39, 0.29) is 6.10 Å². The Morgan fingerprint density at radius 2 is 2.28 bits per heavy atom. The van der Waals surface area contributed by atoms with Gasteiger partial charge in [0, 0.05) is 24.7 Å². The molecule has 0 saturated carbocycles. The van der Waals surface area contributed by atoms with Crippen molar-refractivity contribution in [3.63, 3.8) is 0 Å². The van der Waals surface area contributed by atoms with Crippen LogP contribution in [-0.2, 0) is 11.3 Å². The minimum Gasteiger partial charge on any atom is -0.506 e. The van der Waals surface area contributed by atoms with Crippen LogP contribution in [0, 0.1) is 0 Å². The van der Waals surface area contributed by atoms with E-state index in [1.807, 2.05) is 18.2 Å². The number of para-hydroxylation sites is 1. The second kappa shape index (κ2) is 6.04. The quantitative estimate of drug-likeness (QED) is 0.930. The first-order chi connectivity index (χ1) is 8.61. The minimum atomic E-state index is 0.266. The van der Waals surface area contributed by atoms with Gasteiger partial charge in [0.05, 0.1) is 17.2 Å². The van der Waals surface area contributed by atoms with Crippen LogP contribution in [0.3, 0.4) is 0 Å². The van der Waals surface area contributed by atoms with Crippen molar-refractivity contribution in [3.8, 4) is 5.75 Å². The van der Waals surface area contributed by atoms with Crippen molar-refractivity contribution in [2.75, 3.05) is 13.2 Å². The molecule has 0 radical (unpaired) electrons. The van der Waals surface area contributed by atoms with Crippen molar-refractivity contribution >= 4 is 15.9 Å². The number of benzene rings is 1. The van der Waals surface area contributed by atoms with Gasteiger partial charge in [0.1, 0.15) is 5.75 Å². The van der Waals surface area contributed by atoms with Gasteiger partial charge in [0.2, 0.25) is 0 Å². The van der Waals surface area contributed by atoms with Crippen molar-refractivity contribution in [1.82, 2.24) is 4.90 Å². The zero-order valence-corrected chi connectivity index (χ0v) is 12.5. The molecular formula is C14H20BrNO2. The van der Waals surface area contributed by atoms with Gasteiger partial charge in [-0.2, -0.15) is 0 Å². The Labute approximate surface area is 117 Å². The van der Waals surface area contributed by atoms with Crippen LogP contribution in [0.2, 0.25) is 0 Å². The Hall–Kier alpha value is -0.580. The lowest BCUT2D eigenvalue weighted by atomic mass is 10.1. The number of aromatic hydroxyl groups is 1. The smallest absolute Gasteiger partial charge is 0.134 e. The zero-order valence-electron chi connectivity index (χ0n) is 10.9. The monoisotopic (exact) mass is 313 g/mol. The fourth-order valence-electron chi connectivity index (χ4n) is 2.39. The third-order valence-corrected chi connectivity index (χ3v) is 4.14. The Balaban J connectivity index is 2.13. The van der Waals surface area contributed by atoms with E-state index in [9.17, 15) is 5.11 Å². The van der Waals surface area contributed by atoms with Crippen LogP contribution in [-0.4, -0.2) is 35.3 Å². The number of phenolic OH excluding ortho intramolecular Hbond substituents is 1. The minimum absolute atomic E-state index is 0.266. The van der Waals surface area contributed by atoms with E-state index in [1.54, 1.807) is 0 Å². The Morgan fingerprint density at radius 1 is 1.50 bits per heavy atom. The first-order valence-electron chi connectivity index (χ1n) is 6.43. The molecule has 0 amide bonds. The lowest BCUT2D eigenvalue weighted by Crippen LogP contribution is -2.47. The molecule has 1 heterocycles. The summed E-state index contributed by atoms with van der Waals surface area (Å²) >= 11 is 3.36. The molecule has 1 N–H and O–H groups in total. The summed E-state index contributed by atoms with van der Waals surface area (Å²) < 4.78 is 6.45. The zero-order chi connectivity index (χ0) is 13.1. The van der Waals surface area contributed by atoms with Gasteiger partial charge in [-0.3, -0.25) is 4.90 Å². The average molecular weight is 314 g/mol. The van der Waals surface area contributed by atoms with Crippen LogP contribution in [0.4, 0.5) is 0 Å². The third-order valence-electron chi connectivity index (χ3n) is 3.50. The molecule has 100 valence electrons. The Morgan fingerprint density at radius 3 is 3.00 bits per heavy atom. The molecule has 2 atom stereocenters. The topological polar surface area (TPSA) is 32.7 Å². The van der Waals surface area contributed by atoms with Crippen molar-refractivity contribution in [2.45, 2.75) is 39.0 Å². The summed E-state index contributed by atoms with van der Waals surface area (Å²) in [5.74, 6) is 0.353. The molecule has 0 spiro atoms. The molecule has 2 unspecified atom stereocenters. The van der Waals surface area contributed by atoms with E-state index >= 15 is 0 Å². The standard InChI is InChI=1S/C14H20BrNO2/c1-3-12-9-18-10(2)7-16(12)8-11-5-4-6-13(15)14(11)17/h4-6,10,12,17H,3,7-9H2,1-2H3. The van der Waals surface area contributed by atoms with Crippen LogP contribution < -0.4 is 0 Å². The average Bonchev–Trinajstić information content (AvgIpc) is 2.35. The number of halogens is 1. The molecular weight excluding hydrogens is 294 g/mol. The number of hydrogen-bond acceptors (Lipinski definition) is 3. The van der Waals surface area contributed by atoms with Crippen LogP contribution in [0.5, 0.6) is 5.75 Å². The predicted octanol–water partition coefficient (Wildman–Crippen LogP) is 3.15. The predicted molar refractivity (Wildman–Crippen MR) is 75.7 cm³/mol. The van der Waals surface area contributed by atoms with Gasteiger partial charge in [-0.15, -0.1) is 0 Å². The summed E-state index contributed by atoms with van der Waals surface area (Å²) in [6.45, 7) is 6.76. The molecule has 1 aromatic rings. The molecule has 1 saturated heterocycles. The summed E-state index contributed by atoms with van der Waals surface area (Å²) in [5, 5.41) is 10.0. The summed E-state index contributed by atoms with van der Waals surface area (Å²) in [7, 11) is 0. The molecule has 1 fully saturated rings. The summed E-state index contributed by atoms with van der Waals surface area (Å²) in [6, 6.07) is 6.24. The SMILES string of the molecule is CCC1COC(C)CN1Cc1cccc(Br)c1O. The highest BCUT2D eigenvalue weighted by Gasteiger charge is 2.26. The summed E-state index contributed by atoms with van der Waals surface area (Å²) in [5.41, 5.74) is 0.969. The molecule has 0 bridgehead atoms. The van der Waals surface area contributed by atoms with Gasteiger partial charge in [-0.05, 0) is 35.3 Å². The van der Waals surface area contributed by atoms with Gasteiger partial charge in [-0.1, -0.05) is 19.1 Å². The Kier molecular flexibility index (Phi) is 4.65. The largest absolute Gasteiger partial charge is 0.506 e. The summed E-state index contributed by atoms with van der Waals surface area (Å²) in [6.07, 6.45) is 1.34. The molecule has 2 rings (SSSR count). The molecule has 4 heteroatoms. The third kappa shape index (κ3) is 3.05.